The molecule has 3 rings (SSSR count). The van der Waals surface area contributed by atoms with E-state index in [0.29, 0.717) is 35.7 Å². The van der Waals surface area contributed by atoms with Gasteiger partial charge >= 0.3 is 0 Å². The number of nitrogens with two attached hydrogens (primary N) is 1. The van der Waals surface area contributed by atoms with E-state index < -0.39 is 10.0 Å². The van der Waals surface area contributed by atoms with Crippen LogP contribution in [0, 0.1) is 0 Å². The fourth-order valence-corrected chi connectivity index (χ4v) is 3.92. The molecule has 1 heterocycles. The number of hydrogen-bond donors (Lipinski definition) is 1. The van der Waals surface area contributed by atoms with Gasteiger partial charge in [0.2, 0.25) is 10.0 Å². The molecule has 0 atom stereocenters. The van der Waals surface area contributed by atoms with Crippen LogP contribution in [0.15, 0.2) is 51.8 Å². The molecular formula is C17H17BrClN3O3S. The van der Waals surface area contributed by atoms with Crippen molar-refractivity contribution in [3.63, 3.8) is 0 Å². The van der Waals surface area contributed by atoms with E-state index in [1.807, 2.05) is 24.3 Å². The van der Waals surface area contributed by atoms with Crippen LogP contribution in [0.5, 0.6) is 0 Å². The van der Waals surface area contributed by atoms with Crippen LogP contribution in [0.25, 0.3) is 0 Å². The molecule has 9 heteroatoms. The van der Waals surface area contributed by atoms with Crippen molar-refractivity contribution in [3.05, 3.63) is 57.5 Å². The zero-order chi connectivity index (χ0) is 18.9. The van der Waals surface area contributed by atoms with Crippen molar-refractivity contribution in [1.29, 1.82) is 0 Å². The quantitative estimate of drug-likeness (QED) is 0.766. The number of rotatable bonds is 3. The lowest BCUT2D eigenvalue weighted by atomic mass is 10.1. The van der Waals surface area contributed by atoms with Crippen LogP contribution in [-0.4, -0.2) is 45.4 Å². The molecule has 1 saturated heterocycles. The van der Waals surface area contributed by atoms with E-state index in [9.17, 15) is 13.2 Å². The Morgan fingerprint density at radius 1 is 1.04 bits per heavy atom. The molecule has 1 amide bonds. The maximum Gasteiger partial charge on any atom is 0.255 e. The van der Waals surface area contributed by atoms with E-state index >= 15 is 0 Å². The molecule has 1 aliphatic rings. The average molecular weight is 459 g/mol. The van der Waals surface area contributed by atoms with Gasteiger partial charge in [0.1, 0.15) is 0 Å². The Balaban J connectivity index is 1.73. The van der Waals surface area contributed by atoms with Crippen molar-refractivity contribution in [3.8, 4) is 0 Å². The fourth-order valence-electron chi connectivity index (χ4n) is 2.84. The minimum atomic E-state index is -3.87. The van der Waals surface area contributed by atoms with Crippen molar-refractivity contribution < 1.29 is 13.2 Å². The van der Waals surface area contributed by atoms with Gasteiger partial charge in [-0.1, -0.05) is 11.6 Å². The lowest BCUT2D eigenvalue weighted by Crippen LogP contribution is -2.48. The standard InChI is InChI=1S/C17H17BrClN3O3S/c18-16-6-5-14(26(20,24)25)11-15(16)17(23)22-9-7-21(8-10-22)13-3-1-12(19)2-4-13/h1-6,11H,7-10H2,(H2,20,24,25). The summed E-state index contributed by atoms with van der Waals surface area (Å²) in [4.78, 5) is 16.6. The molecular weight excluding hydrogens is 442 g/mol. The van der Waals surface area contributed by atoms with E-state index in [1.54, 1.807) is 4.90 Å². The Morgan fingerprint density at radius 3 is 2.23 bits per heavy atom. The lowest BCUT2D eigenvalue weighted by molar-refractivity contribution is 0.0745. The molecule has 0 radical (unpaired) electrons. The van der Waals surface area contributed by atoms with Gasteiger partial charge in [0, 0.05) is 41.4 Å². The summed E-state index contributed by atoms with van der Waals surface area (Å²) in [7, 11) is -3.87. The molecule has 0 unspecified atom stereocenters. The second kappa shape index (κ2) is 7.56. The SMILES string of the molecule is NS(=O)(=O)c1ccc(Br)c(C(=O)N2CCN(c3ccc(Cl)cc3)CC2)c1. The summed E-state index contributed by atoms with van der Waals surface area (Å²) in [5.74, 6) is -0.224. The second-order valence-electron chi connectivity index (χ2n) is 5.94. The molecule has 0 spiro atoms. The second-order valence-corrected chi connectivity index (χ2v) is 8.79. The summed E-state index contributed by atoms with van der Waals surface area (Å²) < 4.78 is 23.6. The summed E-state index contributed by atoms with van der Waals surface area (Å²) in [6.45, 7) is 2.43. The minimum Gasteiger partial charge on any atom is -0.368 e. The van der Waals surface area contributed by atoms with Crippen LogP contribution in [0.4, 0.5) is 5.69 Å². The summed E-state index contributed by atoms with van der Waals surface area (Å²) in [6.07, 6.45) is 0. The van der Waals surface area contributed by atoms with Crippen LogP contribution < -0.4 is 10.0 Å². The average Bonchev–Trinajstić information content (AvgIpc) is 2.61. The van der Waals surface area contributed by atoms with Gasteiger partial charge in [-0.2, -0.15) is 0 Å². The fraction of sp³-hybridized carbons (Fsp3) is 0.235. The van der Waals surface area contributed by atoms with E-state index in [0.717, 1.165) is 5.69 Å². The number of primary sulfonamides is 1. The van der Waals surface area contributed by atoms with Gasteiger partial charge < -0.3 is 9.80 Å². The van der Waals surface area contributed by atoms with E-state index in [1.165, 1.54) is 18.2 Å². The molecule has 1 fully saturated rings. The van der Waals surface area contributed by atoms with Gasteiger partial charge in [-0.3, -0.25) is 4.79 Å². The highest BCUT2D eigenvalue weighted by Crippen LogP contribution is 2.24. The number of amides is 1. The zero-order valence-corrected chi connectivity index (χ0v) is 16.9. The Morgan fingerprint density at radius 2 is 1.65 bits per heavy atom. The molecule has 1 aliphatic heterocycles. The molecule has 0 saturated carbocycles. The van der Waals surface area contributed by atoms with Gasteiger partial charge in [-0.05, 0) is 58.4 Å². The van der Waals surface area contributed by atoms with Crippen LogP contribution in [-0.2, 0) is 10.0 Å². The van der Waals surface area contributed by atoms with Crippen molar-refractivity contribution in [1.82, 2.24) is 4.90 Å². The third-order valence-electron chi connectivity index (χ3n) is 4.26. The molecule has 0 aliphatic carbocycles. The predicted molar refractivity (Wildman–Crippen MR) is 105 cm³/mol. The molecule has 2 aromatic carbocycles. The number of piperazine rings is 1. The Hall–Kier alpha value is -1.61. The Labute approximate surface area is 165 Å². The van der Waals surface area contributed by atoms with Crippen molar-refractivity contribution >= 4 is 49.1 Å². The molecule has 138 valence electrons. The van der Waals surface area contributed by atoms with Crippen LogP contribution in [0.3, 0.4) is 0 Å². The monoisotopic (exact) mass is 457 g/mol. The third-order valence-corrected chi connectivity index (χ3v) is 6.11. The molecule has 2 N–H and O–H groups in total. The summed E-state index contributed by atoms with van der Waals surface area (Å²) in [5, 5.41) is 5.85. The zero-order valence-electron chi connectivity index (χ0n) is 13.7. The number of sulfonamides is 1. The van der Waals surface area contributed by atoms with E-state index in [2.05, 4.69) is 20.8 Å². The van der Waals surface area contributed by atoms with Gasteiger partial charge in [0.25, 0.3) is 5.91 Å². The summed E-state index contributed by atoms with van der Waals surface area (Å²) >= 11 is 9.23. The predicted octanol–water partition coefficient (Wildman–Crippen LogP) is 2.71. The van der Waals surface area contributed by atoms with Gasteiger partial charge in [-0.15, -0.1) is 0 Å². The summed E-state index contributed by atoms with van der Waals surface area (Å²) in [5.41, 5.74) is 1.34. The molecule has 6 nitrogen and oxygen atoms in total. The number of carbonyl (C=O) groups excluding carboxylic acids is 1. The number of nitrogens with zero attached hydrogens (tertiary/aromatic N) is 2. The first-order chi connectivity index (χ1) is 12.3. The lowest BCUT2D eigenvalue weighted by Gasteiger charge is -2.36. The number of anilines is 1. The van der Waals surface area contributed by atoms with Crippen molar-refractivity contribution in [2.45, 2.75) is 4.90 Å². The van der Waals surface area contributed by atoms with Gasteiger partial charge in [-0.25, -0.2) is 13.6 Å². The smallest absolute Gasteiger partial charge is 0.255 e. The minimum absolute atomic E-state index is 0.0798. The number of carbonyl (C=O) groups is 1. The number of hydrogen-bond acceptors (Lipinski definition) is 4. The normalized spacial score (nSPS) is 15.2. The Bertz CT molecular complexity index is 927. The van der Waals surface area contributed by atoms with E-state index in [4.69, 9.17) is 16.7 Å². The summed E-state index contributed by atoms with van der Waals surface area (Å²) in [6, 6.07) is 11.8. The number of benzene rings is 2. The maximum absolute atomic E-state index is 12.8. The van der Waals surface area contributed by atoms with Gasteiger partial charge in [0.05, 0.1) is 10.5 Å². The third kappa shape index (κ3) is 4.20. The van der Waals surface area contributed by atoms with Crippen LogP contribution >= 0.6 is 27.5 Å². The highest BCUT2D eigenvalue weighted by Gasteiger charge is 2.25. The number of halogens is 2. The Kier molecular flexibility index (Phi) is 5.57. The maximum atomic E-state index is 12.8. The highest BCUT2D eigenvalue weighted by atomic mass is 79.9. The van der Waals surface area contributed by atoms with Gasteiger partial charge in [0.15, 0.2) is 0 Å². The van der Waals surface area contributed by atoms with Crippen molar-refractivity contribution in [2.75, 3.05) is 31.1 Å². The topological polar surface area (TPSA) is 83.7 Å². The molecule has 2 aromatic rings. The first kappa shape index (κ1) is 19.2. The first-order valence-electron chi connectivity index (χ1n) is 7.88. The molecule has 26 heavy (non-hydrogen) atoms. The van der Waals surface area contributed by atoms with Crippen LogP contribution in [0.2, 0.25) is 5.02 Å². The largest absolute Gasteiger partial charge is 0.368 e. The van der Waals surface area contributed by atoms with Crippen LogP contribution in [0.1, 0.15) is 10.4 Å². The molecule has 0 aromatic heterocycles. The van der Waals surface area contributed by atoms with E-state index in [-0.39, 0.29) is 16.4 Å². The molecule has 0 bridgehead atoms. The van der Waals surface area contributed by atoms with Crippen molar-refractivity contribution in [2.24, 2.45) is 5.14 Å². The highest BCUT2D eigenvalue weighted by molar-refractivity contribution is 9.10. The first-order valence-corrected chi connectivity index (χ1v) is 10.6.